The summed E-state index contributed by atoms with van der Waals surface area (Å²) in [6, 6.07) is -1.06. The van der Waals surface area contributed by atoms with Crippen LogP contribution in [0.25, 0.3) is 0 Å². The van der Waals surface area contributed by atoms with Crippen molar-refractivity contribution in [2.45, 2.75) is 32.7 Å². The second-order valence-electron chi connectivity index (χ2n) is 3.91. The molecule has 5 N–H and O–H groups in total. The van der Waals surface area contributed by atoms with Gasteiger partial charge in [-0.2, -0.15) is 0 Å². The molecule has 106 valence electrons. The maximum absolute atomic E-state index is 10.6. The molecule has 0 spiro atoms. The van der Waals surface area contributed by atoms with E-state index in [1.165, 1.54) is 0 Å². The molecule has 1 rings (SSSR count). The molecule has 0 saturated carbocycles. The van der Waals surface area contributed by atoms with Gasteiger partial charge in [-0.3, -0.25) is 24.5 Å². The Balaban J connectivity index is 0.000000342. The van der Waals surface area contributed by atoms with Gasteiger partial charge in [0.05, 0.1) is 0 Å². The maximum atomic E-state index is 10.6. The van der Waals surface area contributed by atoms with Crippen molar-refractivity contribution in [1.82, 2.24) is 5.32 Å². The van der Waals surface area contributed by atoms with Gasteiger partial charge in [-0.05, 0) is 20.3 Å². The van der Waals surface area contributed by atoms with E-state index in [4.69, 9.17) is 15.9 Å². The summed E-state index contributed by atoms with van der Waals surface area (Å²) in [7, 11) is 0. The van der Waals surface area contributed by atoms with Crippen LogP contribution in [-0.2, 0) is 19.2 Å². The van der Waals surface area contributed by atoms with Gasteiger partial charge in [-0.1, -0.05) is 0 Å². The van der Waals surface area contributed by atoms with Crippen molar-refractivity contribution in [1.29, 1.82) is 0 Å². The highest BCUT2D eigenvalue weighted by Gasteiger charge is 2.22. The number of rotatable bonds is 4. The molecule has 0 radical (unpaired) electrons. The number of carbonyl (C=O) groups is 4. The zero-order valence-corrected chi connectivity index (χ0v) is 10.6. The summed E-state index contributed by atoms with van der Waals surface area (Å²) in [6.45, 7) is 3.27. The van der Waals surface area contributed by atoms with Crippen LogP contribution in [0.15, 0.2) is 11.1 Å². The Morgan fingerprint density at radius 3 is 1.79 bits per heavy atom. The number of hydrogen-bond acceptors (Lipinski definition) is 5. The first-order valence-electron chi connectivity index (χ1n) is 5.40. The van der Waals surface area contributed by atoms with Crippen LogP contribution in [-0.4, -0.2) is 40.0 Å². The number of nitrogens with one attached hydrogen (secondary N) is 1. The van der Waals surface area contributed by atoms with E-state index in [1.54, 1.807) is 13.8 Å². The minimum atomic E-state index is -1.17. The first-order chi connectivity index (χ1) is 8.66. The number of imide groups is 1. The topological polar surface area (TPSA) is 147 Å². The predicted octanol–water partition coefficient (Wildman–Crippen LogP) is -0.758. The molecule has 0 fully saturated rings. The Kier molecular flexibility index (Phi) is 6.42. The fraction of sp³-hybridized carbons (Fsp3) is 0.455. The monoisotopic (exact) mass is 272 g/mol. The Morgan fingerprint density at radius 1 is 1.16 bits per heavy atom. The van der Waals surface area contributed by atoms with E-state index < -0.39 is 18.0 Å². The Morgan fingerprint density at radius 2 is 1.58 bits per heavy atom. The molecule has 0 aromatic rings. The normalized spacial score (nSPS) is 15.5. The fourth-order valence-corrected chi connectivity index (χ4v) is 1.03. The summed E-state index contributed by atoms with van der Waals surface area (Å²) >= 11 is 0. The van der Waals surface area contributed by atoms with Crippen molar-refractivity contribution in [2.75, 3.05) is 0 Å². The number of amides is 2. The third-order valence-corrected chi connectivity index (χ3v) is 2.46. The lowest BCUT2D eigenvalue weighted by Crippen LogP contribution is -2.30. The lowest BCUT2D eigenvalue weighted by Gasteiger charge is -2.01. The summed E-state index contributed by atoms with van der Waals surface area (Å²) < 4.78 is 0. The van der Waals surface area contributed by atoms with Gasteiger partial charge in [0.15, 0.2) is 0 Å². The Labute approximate surface area is 109 Å². The third-order valence-electron chi connectivity index (χ3n) is 2.46. The van der Waals surface area contributed by atoms with E-state index in [9.17, 15) is 19.2 Å². The van der Waals surface area contributed by atoms with Crippen LogP contribution >= 0.6 is 0 Å². The molecule has 1 atom stereocenters. The number of hydrogen-bond donors (Lipinski definition) is 4. The molecule has 0 saturated heterocycles. The summed E-state index contributed by atoms with van der Waals surface area (Å²) in [6.07, 6.45) is -0.224. The van der Waals surface area contributed by atoms with Crippen LogP contribution in [0.4, 0.5) is 0 Å². The molecule has 0 aromatic heterocycles. The average molecular weight is 272 g/mol. The quantitative estimate of drug-likeness (QED) is 0.492. The Hall–Kier alpha value is -2.22. The first kappa shape index (κ1) is 16.8. The molecule has 1 aliphatic rings. The van der Waals surface area contributed by atoms with Crippen LogP contribution in [0.1, 0.15) is 26.7 Å². The molecular weight excluding hydrogens is 256 g/mol. The predicted molar refractivity (Wildman–Crippen MR) is 64.0 cm³/mol. The van der Waals surface area contributed by atoms with Gasteiger partial charge in [0.1, 0.15) is 6.04 Å². The molecule has 0 bridgehead atoms. The van der Waals surface area contributed by atoms with Crippen molar-refractivity contribution >= 4 is 23.8 Å². The van der Waals surface area contributed by atoms with Crippen LogP contribution < -0.4 is 11.1 Å². The largest absolute Gasteiger partial charge is 0.481 e. The lowest BCUT2D eigenvalue weighted by molar-refractivity contribution is -0.140. The molecule has 0 aromatic carbocycles. The van der Waals surface area contributed by atoms with E-state index in [0.29, 0.717) is 11.1 Å². The molecular formula is C11H16N2O6. The van der Waals surface area contributed by atoms with Crippen molar-refractivity contribution in [3.63, 3.8) is 0 Å². The van der Waals surface area contributed by atoms with E-state index >= 15 is 0 Å². The molecule has 19 heavy (non-hydrogen) atoms. The van der Waals surface area contributed by atoms with E-state index in [0.717, 1.165) is 0 Å². The van der Waals surface area contributed by atoms with Gasteiger partial charge in [0.25, 0.3) is 11.8 Å². The van der Waals surface area contributed by atoms with Gasteiger partial charge in [-0.15, -0.1) is 0 Å². The lowest BCUT2D eigenvalue weighted by atomic mass is 10.2. The van der Waals surface area contributed by atoms with Gasteiger partial charge in [0.2, 0.25) is 0 Å². The van der Waals surface area contributed by atoms with Crippen molar-refractivity contribution in [3.05, 3.63) is 11.1 Å². The number of nitrogens with two attached hydrogens (primary N) is 1. The van der Waals surface area contributed by atoms with Crippen LogP contribution in [0.2, 0.25) is 0 Å². The minimum Gasteiger partial charge on any atom is -0.481 e. The average Bonchev–Trinajstić information content (AvgIpc) is 2.53. The van der Waals surface area contributed by atoms with Gasteiger partial charge >= 0.3 is 11.9 Å². The van der Waals surface area contributed by atoms with E-state index in [2.05, 4.69) is 5.32 Å². The SMILES string of the molecule is CC1=C(C)C(=O)NC1=O.NC(CCC(=O)O)C(=O)O. The number of carboxylic acid groups (broad SMARTS) is 2. The highest BCUT2D eigenvalue weighted by molar-refractivity contribution is 6.18. The van der Waals surface area contributed by atoms with Crippen molar-refractivity contribution in [3.8, 4) is 0 Å². The van der Waals surface area contributed by atoms with Crippen molar-refractivity contribution < 1.29 is 29.4 Å². The second-order valence-corrected chi connectivity index (χ2v) is 3.91. The van der Waals surface area contributed by atoms with E-state index in [-0.39, 0.29) is 24.7 Å². The van der Waals surface area contributed by atoms with Crippen LogP contribution in [0.3, 0.4) is 0 Å². The number of carbonyl (C=O) groups excluding carboxylic acids is 2. The highest BCUT2D eigenvalue weighted by atomic mass is 16.4. The van der Waals surface area contributed by atoms with E-state index in [1.807, 2.05) is 0 Å². The zero-order chi connectivity index (χ0) is 15.2. The van der Waals surface area contributed by atoms with Gasteiger partial charge < -0.3 is 15.9 Å². The van der Waals surface area contributed by atoms with Crippen molar-refractivity contribution in [2.24, 2.45) is 5.73 Å². The fourth-order valence-electron chi connectivity index (χ4n) is 1.03. The second kappa shape index (κ2) is 7.27. The molecule has 1 aliphatic heterocycles. The molecule has 8 nitrogen and oxygen atoms in total. The number of carboxylic acids is 2. The standard InChI is InChI=1S/C6H7NO2.C5H9NO4/c1-3-4(2)6(9)7-5(3)8;6-3(5(9)10)1-2-4(7)8/h1-2H3,(H,7,8,9);3H,1-2,6H2,(H,7,8)(H,9,10). The molecule has 1 heterocycles. The summed E-state index contributed by atoms with van der Waals surface area (Å²) in [4.78, 5) is 41.1. The highest BCUT2D eigenvalue weighted by Crippen LogP contribution is 2.09. The summed E-state index contributed by atoms with van der Waals surface area (Å²) in [5, 5.41) is 18.4. The Bertz CT molecular complexity index is 418. The smallest absolute Gasteiger partial charge is 0.320 e. The molecule has 0 aliphatic carbocycles. The molecule has 8 heteroatoms. The third kappa shape index (κ3) is 5.77. The first-order valence-corrected chi connectivity index (χ1v) is 5.40. The molecule has 1 unspecified atom stereocenters. The van der Waals surface area contributed by atoms with Gasteiger partial charge in [-0.25, -0.2) is 0 Å². The maximum Gasteiger partial charge on any atom is 0.320 e. The zero-order valence-electron chi connectivity index (χ0n) is 10.6. The van der Waals surface area contributed by atoms with Gasteiger partial charge in [0, 0.05) is 17.6 Å². The minimum absolute atomic E-state index is 0.0231. The summed E-state index contributed by atoms with van der Waals surface area (Å²) in [5.74, 6) is -2.73. The number of aliphatic carboxylic acids is 2. The molecule has 2 amide bonds. The summed E-state index contributed by atoms with van der Waals surface area (Å²) in [5.41, 5.74) is 6.06. The van der Waals surface area contributed by atoms with Crippen LogP contribution in [0, 0.1) is 0 Å². The van der Waals surface area contributed by atoms with Crippen LogP contribution in [0.5, 0.6) is 0 Å².